The van der Waals surface area contributed by atoms with Crippen LogP contribution in [0.2, 0.25) is 0 Å². The monoisotopic (exact) mass is 412 g/mol. The molecule has 21 heavy (non-hydrogen) atoms. The summed E-state index contributed by atoms with van der Waals surface area (Å²) in [5, 5.41) is 6.67. The number of nitrogens with one attached hydrogen (secondary N) is 2. The molecule has 0 bridgehead atoms. The van der Waals surface area contributed by atoms with Gasteiger partial charge in [-0.3, -0.25) is 4.99 Å². The summed E-state index contributed by atoms with van der Waals surface area (Å²) in [7, 11) is 1.82. The van der Waals surface area contributed by atoms with Crippen molar-refractivity contribution < 1.29 is 4.74 Å². The first-order valence-electron chi connectivity index (χ1n) is 8.11. The van der Waals surface area contributed by atoms with Crippen LogP contribution in [0.15, 0.2) is 4.99 Å². The van der Waals surface area contributed by atoms with E-state index in [4.69, 9.17) is 4.74 Å². The topological polar surface area (TPSA) is 48.9 Å². The number of hydrogen-bond acceptors (Lipinski definition) is 3. The van der Waals surface area contributed by atoms with Crippen LogP contribution in [-0.4, -0.2) is 63.8 Å². The van der Waals surface area contributed by atoms with Gasteiger partial charge < -0.3 is 20.3 Å². The Kier molecular flexibility index (Phi) is 14.8. The van der Waals surface area contributed by atoms with Crippen molar-refractivity contribution in [1.29, 1.82) is 0 Å². The summed E-state index contributed by atoms with van der Waals surface area (Å²) >= 11 is 0. The number of aliphatic imine (C=N–C) groups is 1. The fourth-order valence-electron chi connectivity index (χ4n) is 2.42. The summed E-state index contributed by atoms with van der Waals surface area (Å²) in [6.45, 7) is 9.40. The Morgan fingerprint density at radius 1 is 1.10 bits per heavy atom. The molecular formula is C15H33IN4O. The summed E-state index contributed by atoms with van der Waals surface area (Å²) in [5.74, 6) is 0.905. The average molecular weight is 412 g/mol. The van der Waals surface area contributed by atoms with Crippen LogP contribution in [0.25, 0.3) is 0 Å². The molecular weight excluding hydrogens is 379 g/mol. The van der Waals surface area contributed by atoms with Gasteiger partial charge in [-0.15, -0.1) is 24.0 Å². The molecule has 0 spiro atoms. The zero-order chi connectivity index (χ0) is 14.5. The molecule has 0 saturated carbocycles. The van der Waals surface area contributed by atoms with E-state index in [0.717, 1.165) is 38.7 Å². The third-order valence-electron chi connectivity index (χ3n) is 3.58. The maximum Gasteiger partial charge on any atom is 0.190 e. The molecule has 0 atom stereocenters. The van der Waals surface area contributed by atoms with Crippen molar-refractivity contribution in [3.05, 3.63) is 0 Å². The van der Waals surface area contributed by atoms with Gasteiger partial charge in [0.1, 0.15) is 0 Å². The lowest BCUT2D eigenvalue weighted by Crippen LogP contribution is -2.38. The maximum absolute atomic E-state index is 5.31. The Hall–Kier alpha value is -0.0800. The molecule has 5 nitrogen and oxygen atoms in total. The van der Waals surface area contributed by atoms with Gasteiger partial charge >= 0.3 is 0 Å². The molecule has 0 unspecified atom stereocenters. The molecule has 1 heterocycles. The summed E-state index contributed by atoms with van der Waals surface area (Å²) in [6, 6.07) is 0. The molecule has 1 fully saturated rings. The summed E-state index contributed by atoms with van der Waals surface area (Å²) < 4.78 is 5.31. The van der Waals surface area contributed by atoms with E-state index >= 15 is 0 Å². The second-order valence-electron chi connectivity index (χ2n) is 5.23. The molecule has 0 aromatic heterocycles. The van der Waals surface area contributed by atoms with Gasteiger partial charge in [0, 0.05) is 33.4 Å². The third-order valence-corrected chi connectivity index (χ3v) is 3.58. The Morgan fingerprint density at radius 3 is 2.38 bits per heavy atom. The lowest BCUT2D eigenvalue weighted by molar-refractivity contribution is 0.145. The molecule has 1 aliphatic heterocycles. The SMILES string of the molecule is CCOCCCNC(=NC)NCCCCN1CCCC1.I. The quantitative estimate of drug-likeness (QED) is 0.250. The second kappa shape index (κ2) is 14.8. The minimum atomic E-state index is 0. The Balaban J connectivity index is 0.00000400. The molecule has 1 saturated heterocycles. The van der Waals surface area contributed by atoms with E-state index < -0.39 is 0 Å². The van der Waals surface area contributed by atoms with Crippen LogP contribution in [0.1, 0.15) is 39.0 Å². The number of nitrogens with zero attached hydrogens (tertiary/aromatic N) is 2. The fraction of sp³-hybridized carbons (Fsp3) is 0.933. The number of rotatable bonds is 10. The second-order valence-corrected chi connectivity index (χ2v) is 5.23. The lowest BCUT2D eigenvalue weighted by Gasteiger charge is -2.15. The predicted octanol–water partition coefficient (Wildman–Crippen LogP) is 2.07. The number of guanidine groups is 1. The van der Waals surface area contributed by atoms with E-state index in [1.807, 2.05) is 14.0 Å². The van der Waals surface area contributed by atoms with Crippen LogP contribution < -0.4 is 10.6 Å². The highest BCUT2D eigenvalue weighted by Crippen LogP contribution is 2.07. The van der Waals surface area contributed by atoms with Gasteiger partial charge in [-0.1, -0.05) is 0 Å². The van der Waals surface area contributed by atoms with Crippen LogP contribution in [0, 0.1) is 0 Å². The molecule has 0 aromatic rings. The van der Waals surface area contributed by atoms with Gasteiger partial charge in [0.15, 0.2) is 5.96 Å². The van der Waals surface area contributed by atoms with E-state index in [9.17, 15) is 0 Å². The summed E-state index contributed by atoms with van der Waals surface area (Å²) in [4.78, 5) is 6.79. The fourth-order valence-corrected chi connectivity index (χ4v) is 2.42. The highest BCUT2D eigenvalue weighted by molar-refractivity contribution is 14.0. The van der Waals surface area contributed by atoms with Crippen molar-refractivity contribution in [3.63, 3.8) is 0 Å². The third kappa shape index (κ3) is 11.2. The Labute approximate surface area is 147 Å². The average Bonchev–Trinajstić information content (AvgIpc) is 2.97. The van der Waals surface area contributed by atoms with Crippen molar-refractivity contribution in [2.45, 2.75) is 39.0 Å². The molecule has 1 aliphatic rings. The highest BCUT2D eigenvalue weighted by atomic mass is 127. The molecule has 0 radical (unpaired) electrons. The number of unbranched alkanes of at least 4 members (excludes halogenated alkanes) is 1. The standard InChI is InChI=1S/C15H32N4O.HI/c1-3-20-14-8-10-18-15(16-2)17-9-4-5-11-19-12-6-7-13-19;/h3-14H2,1-2H3,(H2,16,17,18);1H. The van der Waals surface area contributed by atoms with Crippen molar-refractivity contribution in [3.8, 4) is 0 Å². The summed E-state index contributed by atoms with van der Waals surface area (Å²) in [6.07, 6.45) is 6.26. The van der Waals surface area contributed by atoms with E-state index in [2.05, 4.69) is 20.5 Å². The van der Waals surface area contributed by atoms with Crippen LogP contribution in [0.5, 0.6) is 0 Å². The molecule has 126 valence electrons. The van der Waals surface area contributed by atoms with Gasteiger partial charge in [0.25, 0.3) is 0 Å². The van der Waals surface area contributed by atoms with Crippen molar-refractivity contribution >= 4 is 29.9 Å². The van der Waals surface area contributed by atoms with E-state index in [1.54, 1.807) is 0 Å². The molecule has 1 rings (SSSR count). The largest absolute Gasteiger partial charge is 0.382 e. The Morgan fingerprint density at radius 2 is 1.76 bits per heavy atom. The first kappa shape index (κ1) is 20.9. The molecule has 0 amide bonds. The van der Waals surface area contributed by atoms with Crippen molar-refractivity contribution in [2.75, 3.05) is 53.0 Å². The van der Waals surface area contributed by atoms with E-state index in [1.165, 1.54) is 45.3 Å². The van der Waals surface area contributed by atoms with Crippen LogP contribution in [-0.2, 0) is 4.74 Å². The number of ether oxygens (including phenoxy) is 1. The Bertz CT molecular complexity index is 258. The maximum atomic E-state index is 5.31. The minimum absolute atomic E-state index is 0. The lowest BCUT2D eigenvalue weighted by atomic mass is 10.3. The molecule has 2 N–H and O–H groups in total. The molecule has 6 heteroatoms. The first-order chi connectivity index (χ1) is 9.86. The zero-order valence-electron chi connectivity index (χ0n) is 13.7. The minimum Gasteiger partial charge on any atom is -0.382 e. The van der Waals surface area contributed by atoms with E-state index in [0.29, 0.717) is 0 Å². The predicted molar refractivity (Wildman–Crippen MR) is 101 cm³/mol. The number of halogens is 1. The van der Waals surface area contributed by atoms with Gasteiger partial charge in [0.2, 0.25) is 0 Å². The van der Waals surface area contributed by atoms with Crippen molar-refractivity contribution in [1.82, 2.24) is 15.5 Å². The molecule has 0 aromatic carbocycles. The summed E-state index contributed by atoms with van der Waals surface area (Å²) in [5.41, 5.74) is 0. The zero-order valence-corrected chi connectivity index (χ0v) is 16.0. The number of hydrogen-bond donors (Lipinski definition) is 2. The van der Waals surface area contributed by atoms with Crippen LogP contribution in [0.4, 0.5) is 0 Å². The number of likely N-dealkylation sites (tertiary alicyclic amines) is 1. The van der Waals surface area contributed by atoms with Gasteiger partial charge in [0.05, 0.1) is 0 Å². The highest BCUT2D eigenvalue weighted by Gasteiger charge is 2.09. The van der Waals surface area contributed by atoms with E-state index in [-0.39, 0.29) is 24.0 Å². The van der Waals surface area contributed by atoms with Crippen LogP contribution in [0.3, 0.4) is 0 Å². The van der Waals surface area contributed by atoms with Crippen molar-refractivity contribution in [2.24, 2.45) is 4.99 Å². The van der Waals surface area contributed by atoms with Gasteiger partial charge in [-0.25, -0.2) is 0 Å². The van der Waals surface area contributed by atoms with Gasteiger partial charge in [-0.2, -0.15) is 0 Å². The first-order valence-corrected chi connectivity index (χ1v) is 8.11. The normalized spacial score (nSPS) is 15.8. The van der Waals surface area contributed by atoms with Crippen LogP contribution >= 0.6 is 24.0 Å². The smallest absolute Gasteiger partial charge is 0.190 e. The molecule has 0 aliphatic carbocycles. The van der Waals surface area contributed by atoms with Gasteiger partial charge in [-0.05, 0) is 58.7 Å².